The second kappa shape index (κ2) is 4.13. The smallest absolute Gasteiger partial charge is 0.358 e. The normalized spacial score (nSPS) is 11.1. The molecule has 0 atom stereocenters. The van der Waals surface area contributed by atoms with Crippen LogP contribution in [0.1, 0.15) is 5.56 Å². The number of rotatable bonds is 2. The second-order valence-electron chi connectivity index (χ2n) is 2.48. The molecule has 78 valence electrons. The van der Waals surface area contributed by atoms with Crippen LogP contribution >= 0.6 is 0 Å². The van der Waals surface area contributed by atoms with Gasteiger partial charge in [-0.3, -0.25) is 10.1 Å². The van der Waals surface area contributed by atoms with E-state index in [0.717, 1.165) is 24.3 Å². The van der Waals surface area contributed by atoms with Crippen LogP contribution in [-0.2, 0) is 0 Å². The van der Waals surface area contributed by atoms with Gasteiger partial charge in [0.15, 0.2) is 5.16 Å². The highest BCUT2D eigenvalue weighted by Gasteiger charge is 2.17. The number of nitro benzene ring substituents is 1. The fraction of sp³-hybridized carbons (Fsp3) is 0. The van der Waals surface area contributed by atoms with Gasteiger partial charge in [-0.15, -0.1) is 0 Å². The standard InChI is InChI=1S/C7H5N3O5/c11-8-7(10(14)15)5-1-3-6(4-2-5)9(12)13/h1-4,11H. The lowest BCUT2D eigenvalue weighted by molar-refractivity contribution is -0.384. The number of benzene rings is 1. The number of hydrogen-bond acceptors (Lipinski definition) is 6. The molecule has 0 aliphatic rings. The molecule has 0 saturated heterocycles. The first kappa shape index (κ1) is 10.6. The van der Waals surface area contributed by atoms with E-state index < -0.39 is 15.7 Å². The second-order valence-corrected chi connectivity index (χ2v) is 2.48. The van der Waals surface area contributed by atoms with Crippen molar-refractivity contribution < 1.29 is 15.1 Å². The van der Waals surface area contributed by atoms with Crippen LogP contribution in [0.25, 0.3) is 0 Å². The van der Waals surface area contributed by atoms with Crippen molar-refractivity contribution in [2.45, 2.75) is 0 Å². The van der Waals surface area contributed by atoms with Gasteiger partial charge in [0.1, 0.15) is 0 Å². The van der Waals surface area contributed by atoms with E-state index in [1.54, 1.807) is 0 Å². The van der Waals surface area contributed by atoms with Gasteiger partial charge in [0.25, 0.3) is 5.69 Å². The predicted molar refractivity (Wildman–Crippen MR) is 48.4 cm³/mol. The SMILES string of the molecule is O=[N+]([O-])C(=NO)c1ccc([N+](=O)[O-])cc1. The monoisotopic (exact) mass is 211 g/mol. The Morgan fingerprint density at radius 1 is 1.20 bits per heavy atom. The Morgan fingerprint density at radius 2 is 1.73 bits per heavy atom. The molecular formula is C7H5N3O5. The molecule has 0 radical (unpaired) electrons. The largest absolute Gasteiger partial charge is 0.416 e. The van der Waals surface area contributed by atoms with Crippen molar-refractivity contribution in [1.29, 1.82) is 0 Å². The highest BCUT2D eigenvalue weighted by atomic mass is 16.6. The summed E-state index contributed by atoms with van der Waals surface area (Å²) >= 11 is 0. The van der Waals surface area contributed by atoms with Gasteiger partial charge in [0.05, 0.1) is 10.5 Å². The van der Waals surface area contributed by atoms with Crippen molar-refractivity contribution in [3.05, 3.63) is 50.1 Å². The predicted octanol–water partition coefficient (Wildman–Crippen LogP) is 1.01. The zero-order valence-corrected chi connectivity index (χ0v) is 7.23. The molecule has 0 heterocycles. The van der Waals surface area contributed by atoms with Crippen LogP contribution in [0.3, 0.4) is 0 Å². The van der Waals surface area contributed by atoms with Crippen molar-refractivity contribution in [3.63, 3.8) is 0 Å². The first-order chi connectivity index (χ1) is 7.06. The third kappa shape index (κ3) is 2.24. The highest BCUT2D eigenvalue weighted by molar-refractivity contribution is 5.92. The molecule has 0 aliphatic carbocycles. The summed E-state index contributed by atoms with van der Waals surface area (Å²) in [6.07, 6.45) is 0. The lowest BCUT2D eigenvalue weighted by Gasteiger charge is -1.96. The minimum absolute atomic E-state index is 0.00639. The summed E-state index contributed by atoms with van der Waals surface area (Å²) < 4.78 is 0. The van der Waals surface area contributed by atoms with E-state index in [-0.39, 0.29) is 11.3 Å². The molecule has 0 fully saturated rings. The Morgan fingerprint density at radius 3 is 2.07 bits per heavy atom. The van der Waals surface area contributed by atoms with Crippen LogP contribution < -0.4 is 0 Å². The molecule has 1 rings (SSSR count). The molecule has 0 amide bonds. The number of nitro groups is 2. The molecule has 0 unspecified atom stereocenters. The molecule has 0 aliphatic heterocycles. The van der Waals surface area contributed by atoms with E-state index in [4.69, 9.17) is 5.21 Å². The van der Waals surface area contributed by atoms with Crippen LogP contribution in [-0.4, -0.2) is 20.9 Å². The molecule has 8 heteroatoms. The average Bonchev–Trinajstić information content (AvgIpc) is 2.19. The highest BCUT2D eigenvalue weighted by Crippen LogP contribution is 2.12. The Hall–Kier alpha value is -2.51. The molecule has 0 bridgehead atoms. The summed E-state index contributed by atoms with van der Waals surface area (Å²) in [6.45, 7) is 0. The first-order valence-electron chi connectivity index (χ1n) is 3.67. The average molecular weight is 211 g/mol. The molecule has 8 nitrogen and oxygen atoms in total. The molecule has 0 spiro atoms. The van der Waals surface area contributed by atoms with Gasteiger partial charge in [0, 0.05) is 12.1 Å². The van der Waals surface area contributed by atoms with Crippen LogP contribution in [0, 0.1) is 20.2 Å². The Kier molecular flexibility index (Phi) is 2.91. The Bertz CT molecular complexity index is 425. The fourth-order valence-electron chi connectivity index (χ4n) is 0.932. The van der Waals surface area contributed by atoms with Crippen molar-refractivity contribution >= 4 is 11.5 Å². The third-order valence-corrected chi connectivity index (χ3v) is 1.60. The lowest BCUT2D eigenvalue weighted by atomic mass is 10.2. The zero-order valence-electron chi connectivity index (χ0n) is 7.23. The summed E-state index contributed by atoms with van der Waals surface area (Å²) in [4.78, 5) is 19.1. The van der Waals surface area contributed by atoms with Gasteiger partial charge >= 0.3 is 5.84 Å². The molecule has 1 N–H and O–H groups in total. The van der Waals surface area contributed by atoms with E-state index in [1.807, 2.05) is 0 Å². The fourth-order valence-corrected chi connectivity index (χ4v) is 0.932. The summed E-state index contributed by atoms with van der Waals surface area (Å²) in [7, 11) is 0. The maximum absolute atomic E-state index is 10.3. The van der Waals surface area contributed by atoms with Gasteiger partial charge in [-0.1, -0.05) is 0 Å². The summed E-state index contributed by atoms with van der Waals surface area (Å²) in [5.74, 6) is -0.759. The van der Waals surface area contributed by atoms with E-state index in [1.165, 1.54) is 0 Å². The van der Waals surface area contributed by atoms with Crippen molar-refractivity contribution in [3.8, 4) is 0 Å². The van der Waals surface area contributed by atoms with E-state index in [9.17, 15) is 20.2 Å². The molecule has 15 heavy (non-hydrogen) atoms. The van der Waals surface area contributed by atoms with Crippen molar-refractivity contribution in [2.75, 3.05) is 0 Å². The van der Waals surface area contributed by atoms with Gasteiger partial charge in [-0.25, -0.2) is 0 Å². The van der Waals surface area contributed by atoms with E-state index in [0.29, 0.717) is 0 Å². The van der Waals surface area contributed by atoms with Crippen LogP contribution in [0.5, 0.6) is 0 Å². The lowest BCUT2D eigenvalue weighted by Crippen LogP contribution is -2.13. The third-order valence-electron chi connectivity index (χ3n) is 1.60. The van der Waals surface area contributed by atoms with Gasteiger partial charge in [0.2, 0.25) is 0 Å². The first-order valence-corrected chi connectivity index (χ1v) is 3.67. The summed E-state index contributed by atoms with van der Waals surface area (Å²) in [5, 5.41) is 31.4. The molecular weight excluding hydrogens is 206 g/mol. The number of hydrogen-bond donors (Lipinski definition) is 1. The van der Waals surface area contributed by atoms with E-state index >= 15 is 0 Å². The van der Waals surface area contributed by atoms with Crippen LogP contribution in [0.15, 0.2) is 29.4 Å². The molecule has 0 saturated carbocycles. The van der Waals surface area contributed by atoms with E-state index in [2.05, 4.69) is 5.16 Å². The molecule has 1 aromatic rings. The number of nitrogens with zero attached hydrogens (tertiary/aromatic N) is 3. The van der Waals surface area contributed by atoms with Crippen LogP contribution in [0.2, 0.25) is 0 Å². The maximum Gasteiger partial charge on any atom is 0.416 e. The quantitative estimate of drug-likeness (QED) is 0.257. The number of non-ortho nitro benzene ring substituents is 1. The van der Waals surface area contributed by atoms with Crippen molar-refractivity contribution in [2.24, 2.45) is 5.16 Å². The maximum atomic E-state index is 10.3. The van der Waals surface area contributed by atoms with Gasteiger partial charge in [-0.2, -0.15) is 0 Å². The topological polar surface area (TPSA) is 119 Å². The molecule has 0 aromatic heterocycles. The number of amidine groups is 1. The van der Waals surface area contributed by atoms with Crippen LogP contribution in [0.4, 0.5) is 5.69 Å². The van der Waals surface area contributed by atoms with Gasteiger partial charge in [-0.05, 0) is 17.1 Å². The number of oxime groups is 1. The summed E-state index contributed by atoms with van der Waals surface area (Å²) in [5.41, 5.74) is -0.201. The minimum atomic E-state index is -0.888. The minimum Gasteiger partial charge on any atom is -0.358 e. The zero-order chi connectivity index (χ0) is 11.4. The summed E-state index contributed by atoms with van der Waals surface area (Å²) in [6, 6.07) is 4.44. The molecule has 1 aromatic carbocycles. The Labute approximate surface area is 82.7 Å². The van der Waals surface area contributed by atoms with Gasteiger partial charge < -0.3 is 15.3 Å². The van der Waals surface area contributed by atoms with Crippen molar-refractivity contribution in [1.82, 2.24) is 0 Å². The Balaban J connectivity index is 3.08.